The van der Waals surface area contributed by atoms with Crippen molar-refractivity contribution in [3.63, 3.8) is 0 Å². The van der Waals surface area contributed by atoms with E-state index < -0.39 is 11.6 Å². The van der Waals surface area contributed by atoms with Gasteiger partial charge in [-0.1, -0.05) is 0 Å². The Morgan fingerprint density at radius 3 is 2.67 bits per heavy atom. The molecule has 1 unspecified atom stereocenters. The molecule has 1 atom stereocenters. The van der Waals surface area contributed by atoms with Crippen LogP contribution < -0.4 is 5.73 Å². The maximum atomic E-state index is 13.8. The summed E-state index contributed by atoms with van der Waals surface area (Å²) in [7, 11) is 0. The molecule has 0 amide bonds. The lowest BCUT2D eigenvalue weighted by molar-refractivity contribution is 0.537. The van der Waals surface area contributed by atoms with Crippen molar-refractivity contribution in [2.45, 2.75) is 19.4 Å². The zero-order valence-corrected chi connectivity index (χ0v) is 12.1. The van der Waals surface area contributed by atoms with Crippen LogP contribution in [0.25, 0.3) is 0 Å². The largest absolute Gasteiger partial charge is 0.323 e. The third-order valence-electron chi connectivity index (χ3n) is 2.80. The molecule has 0 fully saturated rings. The Kier molecular flexibility index (Phi) is 4.14. The van der Waals surface area contributed by atoms with E-state index in [4.69, 9.17) is 5.73 Å². The fourth-order valence-electron chi connectivity index (χ4n) is 1.83. The van der Waals surface area contributed by atoms with E-state index in [-0.39, 0.29) is 22.5 Å². The number of thiophene rings is 1. The minimum absolute atomic E-state index is 0.0321. The molecule has 2 N–H and O–H groups in total. The van der Waals surface area contributed by atoms with Gasteiger partial charge in [0.1, 0.15) is 11.6 Å². The maximum absolute atomic E-state index is 13.8. The molecule has 2 aromatic rings. The van der Waals surface area contributed by atoms with Crippen LogP contribution in [0.15, 0.2) is 28.1 Å². The van der Waals surface area contributed by atoms with E-state index in [1.165, 1.54) is 23.5 Å². The number of aryl methyl sites for hydroxylation is 1. The molecule has 0 radical (unpaired) electrons. The second kappa shape index (κ2) is 5.47. The van der Waals surface area contributed by atoms with E-state index in [0.717, 1.165) is 10.4 Å². The van der Waals surface area contributed by atoms with Crippen molar-refractivity contribution in [1.82, 2.24) is 0 Å². The lowest BCUT2D eigenvalue weighted by Gasteiger charge is -2.13. The van der Waals surface area contributed by atoms with Gasteiger partial charge >= 0.3 is 0 Å². The lowest BCUT2D eigenvalue weighted by Crippen LogP contribution is -2.15. The van der Waals surface area contributed by atoms with Crippen LogP contribution in [-0.4, -0.2) is 0 Å². The first-order valence-electron chi connectivity index (χ1n) is 5.42. The van der Waals surface area contributed by atoms with Gasteiger partial charge < -0.3 is 5.73 Å². The van der Waals surface area contributed by atoms with Gasteiger partial charge in [-0.3, -0.25) is 0 Å². The Balaban J connectivity index is 2.30. The van der Waals surface area contributed by atoms with Crippen molar-refractivity contribution in [2.24, 2.45) is 5.73 Å². The Morgan fingerprint density at radius 1 is 1.33 bits per heavy atom. The van der Waals surface area contributed by atoms with Gasteiger partial charge in [0.2, 0.25) is 0 Å². The molecule has 0 aliphatic carbocycles. The van der Waals surface area contributed by atoms with Crippen molar-refractivity contribution < 1.29 is 8.78 Å². The second-order valence-electron chi connectivity index (χ2n) is 4.10. The Hall–Kier alpha value is -0.780. The molecule has 1 aromatic heterocycles. The maximum Gasteiger partial charge on any atom is 0.143 e. The van der Waals surface area contributed by atoms with E-state index in [1.54, 1.807) is 0 Å². The highest BCUT2D eigenvalue weighted by molar-refractivity contribution is 9.10. The Morgan fingerprint density at radius 2 is 2.06 bits per heavy atom. The molecular formula is C13H12BrF2NS. The van der Waals surface area contributed by atoms with Crippen molar-refractivity contribution >= 4 is 27.3 Å². The predicted molar refractivity (Wildman–Crippen MR) is 73.7 cm³/mol. The van der Waals surface area contributed by atoms with Crippen LogP contribution in [0.3, 0.4) is 0 Å². The van der Waals surface area contributed by atoms with Crippen LogP contribution in [0.2, 0.25) is 0 Å². The van der Waals surface area contributed by atoms with Gasteiger partial charge in [-0.15, -0.1) is 11.3 Å². The number of halogens is 3. The molecule has 18 heavy (non-hydrogen) atoms. The average molecular weight is 332 g/mol. The fourth-order valence-corrected chi connectivity index (χ4v) is 3.14. The summed E-state index contributed by atoms with van der Waals surface area (Å²) < 4.78 is 27.7. The van der Waals surface area contributed by atoms with Gasteiger partial charge in [-0.05, 0) is 58.4 Å². The SMILES string of the molecule is Cc1ccsc1C(N)Cc1c(F)ccc(Br)c1F. The minimum Gasteiger partial charge on any atom is -0.323 e. The molecule has 96 valence electrons. The first-order valence-corrected chi connectivity index (χ1v) is 7.10. The molecule has 0 spiro atoms. The van der Waals surface area contributed by atoms with E-state index in [2.05, 4.69) is 15.9 Å². The number of hydrogen-bond acceptors (Lipinski definition) is 2. The molecule has 1 aromatic carbocycles. The normalized spacial score (nSPS) is 12.7. The third kappa shape index (κ3) is 2.63. The van der Waals surface area contributed by atoms with Crippen molar-refractivity contribution in [3.05, 3.63) is 55.7 Å². The van der Waals surface area contributed by atoms with Gasteiger partial charge in [-0.25, -0.2) is 8.78 Å². The fraction of sp³-hybridized carbons (Fsp3) is 0.231. The molecule has 1 heterocycles. The first-order chi connectivity index (χ1) is 8.50. The quantitative estimate of drug-likeness (QED) is 0.832. The molecule has 1 nitrogen and oxygen atoms in total. The summed E-state index contributed by atoms with van der Waals surface area (Å²) >= 11 is 4.56. The lowest BCUT2D eigenvalue weighted by atomic mass is 10.0. The van der Waals surface area contributed by atoms with Gasteiger partial charge in [0.15, 0.2) is 0 Å². The highest BCUT2D eigenvalue weighted by atomic mass is 79.9. The van der Waals surface area contributed by atoms with Gasteiger partial charge in [0.05, 0.1) is 4.47 Å². The summed E-state index contributed by atoms with van der Waals surface area (Å²) in [5.74, 6) is -1.12. The average Bonchev–Trinajstić information content (AvgIpc) is 2.76. The number of nitrogens with two attached hydrogens (primary N) is 1. The van der Waals surface area contributed by atoms with Crippen LogP contribution in [0.1, 0.15) is 22.0 Å². The number of rotatable bonds is 3. The predicted octanol–water partition coefficient (Wildman–Crippen LogP) is 4.34. The summed E-state index contributed by atoms with van der Waals surface area (Å²) in [4.78, 5) is 0.966. The summed E-state index contributed by atoms with van der Waals surface area (Å²) in [5.41, 5.74) is 7.11. The van der Waals surface area contributed by atoms with Crippen molar-refractivity contribution in [3.8, 4) is 0 Å². The van der Waals surface area contributed by atoms with Gasteiger partial charge in [0, 0.05) is 16.5 Å². The molecule has 0 aliphatic rings. The minimum atomic E-state index is -0.570. The van der Waals surface area contributed by atoms with E-state index in [9.17, 15) is 8.78 Å². The second-order valence-corrected chi connectivity index (χ2v) is 5.90. The van der Waals surface area contributed by atoms with E-state index in [0.29, 0.717) is 0 Å². The zero-order chi connectivity index (χ0) is 13.3. The van der Waals surface area contributed by atoms with E-state index in [1.807, 2.05) is 18.4 Å². The van der Waals surface area contributed by atoms with Crippen LogP contribution in [0, 0.1) is 18.6 Å². The smallest absolute Gasteiger partial charge is 0.143 e. The number of hydrogen-bond donors (Lipinski definition) is 1. The summed E-state index contributed by atoms with van der Waals surface area (Å²) in [6.45, 7) is 1.94. The topological polar surface area (TPSA) is 26.0 Å². The highest BCUT2D eigenvalue weighted by Gasteiger charge is 2.18. The first kappa shape index (κ1) is 13.6. The molecule has 0 aliphatic heterocycles. The summed E-state index contributed by atoms with van der Waals surface area (Å²) in [6, 6.07) is 4.17. The van der Waals surface area contributed by atoms with Crippen LogP contribution in [-0.2, 0) is 6.42 Å². The summed E-state index contributed by atoms with van der Waals surface area (Å²) in [6.07, 6.45) is 0.151. The van der Waals surface area contributed by atoms with Gasteiger partial charge in [0.25, 0.3) is 0 Å². The monoisotopic (exact) mass is 331 g/mol. The molecule has 0 saturated carbocycles. The standard InChI is InChI=1S/C13H12BrF2NS/c1-7-4-5-18-13(7)11(17)6-8-10(15)3-2-9(14)12(8)16/h2-5,11H,6,17H2,1H3. The molecule has 0 bridgehead atoms. The zero-order valence-electron chi connectivity index (χ0n) is 9.71. The van der Waals surface area contributed by atoms with Crippen molar-refractivity contribution in [2.75, 3.05) is 0 Å². The van der Waals surface area contributed by atoms with Crippen LogP contribution >= 0.6 is 27.3 Å². The van der Waals surface area contributed by atoms with Gasteiger partial charge in [-0.2, -0.15) is 0 Å². The Bertz CT molecular complexity index is 568. The summed E-state index contributed by atoms with van der Waals surface area (Å²) in [5, 5.41) is 1.93. The Labute approximate surface area is 117 Å². The molecule has 5 heteroatoms. The highest BCUT2D eigenvalue weighted by Crippen LogP contribution is 2.29. The van der Waals surface area contributed by atoms with E-state index >= 15 is 0 Å². The number of benzene rings is 1. The molecule has 2 rings (SSSR count). The molecule has 0 saturated heterocycles. The van der Waals surface area contributed by atoms with Crippen LogP contribution in [0.4, 0.5) is 8.78 Å². The third-order valence-corrected chi connectivity index (χ3v) is 4.56. The van der Waals surface area contributed by atoms with Crippen molar-refractivity contribution in [1.29, 1.82) is 0 Å². The van der Waals surface area contributed by atoms with Crippen LogP contribution in [0.5, 0.6) is 0 Å². The molecular weight excluding hydrogens is 320 g/mol.